The summed E-state index contributed by atoms with van der Waals surface area (Å²) in [6, 6.07) is 1.72. The smallest absolute Gasteiger partial charge is 0.257 e. The summed E-state index contributed by atoms with van der Waals surface area (Å²) in [5.41, 5.74) is 3.75. The normalized spacial score (nSPS) is 16.8. The third-order valence-corrected chi connectivity index (χ3v) is 3.35. The van der Waals surface area contributed by atoms with Crippen LogP contribution in [0.25, 0.3) is 0 Å². The van der Waals surface area contributed by atoms with Crippen LogP contribution in [-0.4, -0.2) is 28.9 Å². The third-order valence-electron chi connectivity index (χ3n) is 3.35. The molecule has 98 valence electrons. The van der Waals surface area contributed by atoms with E-state index in [1.807, 2.05) is 4.90 Å². The van der Waals surface area contributed by atoms with Crippen LogP contribution < -0.4 is 11.3 Å². The van der Waals surface area contributed by atoms with Crippen molar-refractivity contribution in [3.8, 4) is 0 Å². The molecular formula is C13H20N4O. The van der Waals surface area contributed by atoms with Crippen molar-refractivity contribution in [1.29, 1.82) is 0 Å². The van der Waals surface area contributed by atoms with Crippen molar-refractivity contribution < 1.29 is 4.79 Å². The van der Waals surface area contributed by atoms with E-state index < -0.39 is 0 Å². The minimum absolute atomic E-state index is 0.0259. The summed E-state index contributed by atoms with van der Waals surface area (Å²) in [6.45, 7) is 1.66. The van der Waals surface area contributed by atoms with E-state index in [2.05, 4.69) is 10.4 Å². The first-order valence-electron chi connectivity index (χ1n) is 6.53. The maximum absolute atomic E-state index is 12.4. The second-order valence-corrected chi connectivity index (χ2v) is 4.63. The molecule has 0 bridgehead atoms. The van der Waals surface area contributed by atoms with Crippen molar-refractivity contribution in [2.75, 3.05) is 18.5 Å². The quantitative estimate of drug-likeness (QED) is 0.618. The largest absolute Gasteiger partial charge is 0.339 e. The second-order valence-electron chi connectivity index (χ2n) is 4.63. The van der Waals surface area contributed by atoms with Crippen LogP contribution in [0.5, 0.6) is 0 Å². The van der Waals surface area contributed by atoms with E-state index >= 15 is 0 Å². The Kier molecular flexibility index (Phi) is 4.52. The summed E-state index contributed by atoms with van der Waals surface area (Å²) in [4.78, 5) is 18.4. The molecule has 1 aromatic rings. The van der Waals surface area contributed by atoms with Crippen molar-refractivity contribution in [3.05, 3.63) is 24.0 Å². The van der Waals surface area contributed by atoms with Crippen LogP contribution in [0.1, 0.15) is 42.5 Å². The van der Waals surface area contributed by atoms with Gasteiger partial charge in [-0.15, -0.1) is 0 Å². The average Bonchev–Trinajstić information content (AvgIpc) is 2.37. The number of carbonyl (C=O) groups is 1. The molecule has 1 saturated heterocycles. The molecule has 0 radical (unpaired) electrons. The lowest BCUT2D eigenvalue weighted by Crippen LogP contribution is -2.34. The molecule has 5 heteroatoms. The molecule has 0 aromatic carbocycles. The number of amides is 1. The molecule has 0 unspecified atom stereocenters. The second kappa shape index (κ2) is 6.35. The zero-order chi connectivity index (χ0) is 12.8. The topological polar surface area (TPSA) is 71.2 Å². The molecule has 1 aromatic heterocycles. The summed E-state index contributed by atoms with van der Waals surface area (Å²) in [7, 11) is 0. The zero-order valence-corrected chi connectivity index (χ0v) is 10.6. The predicted octanol–water partition coefficient (Wildman–Crippen LogP) is 1.77. The third kappa shape index (κ3) is 2.98. The van der Waals surface area contributed by atoms with Gasteiger partial charge in [0.05, 0.1) is 11.3 Å². The van der Waals surface area contributed by atoms with Gasteiger partial charge in [0.2, 0.25) is 0 Å². The fraction of sp³-hybridized carbons (Fsp3) is 0.538. The van der Waals surface area contributed by atoms with Crippen molar-refractivity contribution >= 4 is 11.6 Å². The van der Waals surface area contributed by atoms with Crippen LogP contribution in [0.2, 0.25) is 0 Å². The van der Waals surface area contributed by atoms with Crippen LogP contribution >= 0.6 is 0 Å². The lowest BCUT2D eigenvalue weighted by Gasteiger charge is -2.25. The highest BCUT2D eigenvalue weighted by atomic mass is 16.2. The molecule has 0 spiro atoms. The van der Waals surface area contributed by atoms with Crippen LogP contribution in [0.15, 0.2) is 18.5 Å². The van der Waals surface area contributed by atoms with Gasteiger partial charge in [0, 0.05) is 25.5 Å². The molecule has 1 aliphatic rings. The Balaban J connectivity index is 2.13. The van der Waals surface area contributed by atoms with Crippen molar-refractivity contribution in [2.45, 2.75) is 32.1 Å². The predicted molar refractivity (Wildman–Crippen MR) is 71.0 cm³/mol. The number of aromatic nitrogens is 1. The molecule has 0 atom stereocenters. The van der Waals surface area contributed by atoms with Gasteiger partial charge in [0.1, 0.15) is 0 Å². The Hall–Kier alpha value is -1.62. The maximum Gasteiger partial charge on any atom is 0.257 e. The fourth-order valence-corrected chi connectivity index (χ4v) is 2.31. The van der Waals surface area contributed by atoms with Crippen LogP contribution in [-0.2, 0) is 0 Å². The number of nitrogen functional groups attached to an aromatic ring is 1. The molecular weight excluding hydrogens is 228 g/mol. The van der Waals surface area contributed by atoms with Crippen LogP contribution in [0, 0.1) is 0 Å². The highest BCUT2D eigenvalue weighted by Crippen LogP contribution is 2.17. The number of nitrogens with zero attached hydrogens (tertiary/aromatic N) is 2. The standard InChI is InChI=1S/C13H20N4O/c14-16-12-6-7-15-10-11(12)13(18)17-8-4-2-1-3-5-9-17/h6-7,10H,1-5,8-9,14H2,(H,15,16). The molecule has 1 fully saturated rings. The molecule has 2 heterocycles. The lowest BCUT2D eigenvalue weighted by atomic mass is 10.1. The van der Waals surface area contributed by atoms with Gasteiger partial charge in [-0.1, -0.05) is 19.3 Å². The first-order chi connectivity index (χ1) is 8.83. The summed E-state index contributed by atoms with van der Waals surface area (Å²) in [5, 5.41) is 0. The van der Waals surface area contributed by atoms with Crippen molar-refractivity contribution in [1.82, 2.24) is 9.88 Å². The van der Waals surface area contributed by atoms with E-state index in [1.165, 1.54) is 19.3 Å². The summed E-state index contributed by atoms with van der Waals surface area (Å²) in [6.07, 6.45) is 9.06. The monoisotopic (exact) mass is 248 g/mol. The van der Waals surface area contributed by atoms with E-state index in [0.717, 1.165) is 25.9 Å². The number of carbonyl (C=O) groups excluding carboxylic acids is 1. The Morgan fingerprint density at radius 3 is 2.56 bits per heavy atom. The van der Waals surface area contributed by atoms with Gasteiger partial charge in [-0.3, -0.25) is 15.6 Å². The summed E-state index contributed by atoms with van der Waals surface area (Å²) >= 11 is 0. The SMILES string of the molecule is NNc1ccncc1C(=O)N1CCCCCCC1. The van der Waals surface area contributed by atoms with Gasteiger partial charge in [-0.25, -0.2) is 0 Å². The zero-order valence-electron chi connectivity index (χ0n) is 10.6. The van der Waals surface area contributed by atoms with Crippen LogP contribution in [0.4, 0.5) is 5.69 Å². The highest BCUT2D eigenvalue weighted by Gasteiger charge is 2.19. The van der Waals surface area contributed by atoms with Crippen molar-refractivity contribution in [2.24, 2.45) is 5.84 Å². The first kappa shape index (κ1) is 12.8. The molecule has 0 aliphatic carbocycles. The molecule has 3 N–H and O–H groups in total. The number of nitrogens with one attached hydrogen (secondary N) is 1. The minimum atomic E-state index is 0.0259. The number of hydrazine groups is 1. The lowest BCUT2D eigenvalue weighted by molar-refractivity contribution is 0.0743. The van der Waals surface area contributed by atoms with E-state index in [9.17, 15) is 4.79 Å². The molecule has 1 aliphatic heterocycles. The number of likely N-dealkylation sites (tertiary alicyclic amines) is 1. The number of hydrogen-bond acceptors (Lipinski definition) is 4. The van der Waals surface area contributed by atoms with Gasteiger partial charge in [0.25, 0.3) is 5.91 Å². The van der Waals surface area contributed by atoms with Gasteiger partial charge >= 0.3 is 0 Å². The fourth-order valence-electron chi connectivity index (χ4n) is 2.31. The first-order valence-corrected chi connectivity index (χ1v) is 6.53. The van der Waals surface area contributed by atoms with E-state index in [0.29, 0.717) is 11.3 Å². The Morgan fingerprint density at radius 1 is 1.22 bits per heavy atom. The molecule has 2 rings (SSSR count). The van der Waals surface area contributed by atoms with Crippen LogP contribution in [0.3, 0.4) is 0 Å². The van der Waals surface area contributed by atoms with E-state index in [4.69, 9.17) is 5.84 Å². The Morgan fingerprint density at radius 2 is 1.89 bits per heavy atom. The number of rotatable bonds is 2. The van der Waals surface area contributed by atoms with E-state index in [-0.39, 0.29) is 5.91 Å². The summed E-state index contributed by atoms with van der Waals surface area (Å²) < 4.78 is 0. The van der Waals surface area contributed by atoms with E-state index in [1.54, 1.807) is 18.5 Å². The molecule has 5 nitrogen and oxygen atoms in total. The maximum atomic E-state index is 12.4. The highest BCUT2D eigenvalue weighted by molar-refractivity contribution is 5.99. The average molecular weight is 248 g/mol. The van der Waals surface area contributed by atoms with Gasteiger partial charge in [-0.05, 0) is 18.9 Å². The summed E-state index contributed by atoms with van der Waals surface area (Å²) in [5.74, 6) is 5.45. The minimum Gasteiger partial charge on any atom is -0.339 e. The van der Waals surface area contributed by atoms with Gasteiger partial charge in [-0.2, -0.15) is 0 Å². The van der Waals surface area contributed by atoms with Crippen molar-refractivity contribution in [3.63, 3.8) is 0 Å². The molecule has 1 amide bonds. The number of pyridine rings is 1. The van der Waals surface area contributed by atoms with Gasteiger partial charge in [0.15, 0.2) is 0 Å². The number of anilines is 1. The van der Waals surface area contributed by atoms with Gasteiger partial charge < -0.3 is 10.3 Å². The Labute approximate surface area is 107 Å². The number of nitrogens with two attached hydrogens (primary N) is 1. The molecule has 0 saturated carbocycles. The number of hydrogen-bond donors (Lipinski definition) is 2. The Bertz CT molecular complexity index is 400. The molecule has 18 heavy (non-hydrogen) atoms.